The van der Waals surface area contributed by atoms with E-state index in [1.54, 1.807) is 13.8 Å². The quantitative estimate of drug-likeness (QED) is 0.275. The van der Waals surface area contributed by atoms with E-state index in [1.807, 2.05) is 0 Å². The highest BCUT2D eigenvalue weighted by molar-refractivity contribution is 6.05. The van der Waals surface area contributed by atoms with Crippen LogP contribution in [0.5, 0.6) is 11.5 Å². The molecule has 5 rings (SSSR count). The second kappa shape index (κ2) is 9.91. The average Bonchev–Trinajstić information content (AvgIpc) is 3.47. The summed E-state index contributed by atoms with van der Waals surface area (Å²) in [6.45, 7) is 3.54. The molecule has 0 aliphatic heterocycles. The summed E-state index contributed by atoms with van der Waals surface area (Å²) in [4.78, 5) is 35.3. The molecule has 0 fully saturated rings. The molecule has 4 heterocycles. The number of fused-ring (bicyclic) bond motifs is 1. The van der Waals surface area contributed by atoms with Crippen molar-refractivity contribution in [2.45, 2.75) is 26.1 Å². The van der Waals surface area contributed by atoms with Crippen LogP contribution >= 0.6 is 0 Å². The van der Waals surface area contributed by atoms with Crippen molar-refractivity contribution in [3.63, 3.8) is 0 Å². The van der Waals surface area contributed by atoms with E-state index in [0.717, 1.165) is 24.4 Å². The molecule has 1 amide bonds. The average molecular weight is 559 g/mol. The molecule has 0 saturated heterocycles. The number of rotatable bonds is 6. The molecule has 0 unspecified atom stereocenters. The largest absolute Gasteiger partial charge is 0.452 e. The SMILES string of the molecule is CC(C)n1c(=O)[nH]c2nccc(Oc3ccc(NC(=O)c4cnn(-c5ncccc5F)c4C(F)(F)F)cc3F)c21. The summed E-state index contributed by atoms with van der Waals surface area (Å²) >= 11 is 0. The van der Waals surface area contributed by atoms with E-state index in [1.165, 1.54) is 29.0 Å². The molecule has 206 valence electrons. The second-order valence-electron chi connectivity index (χ2n) is 8.73. The lowest BCUT2D eigenvalue weighted by Crippen LogP contribution is -2.21. The third-order valence-electron chi connectivity index (χ3n) is 5.72. The summed E-state index contributed by atoms with van der Waals surface area (Å²) in [5.74, 6) is -4.24. The van der Waals surface area contributed by atoms with Crippen molar-refractivity contribution in [2.24, 2.45) is 0 Å². The Morgan fingerprint density at radius 3 is 2.50 bits per heavy atom. The Hall–Kier alpha value is -5.08. The molecule has 5 aromatic rings. The predicted molar refractivity (Wildman–Crippen MR) is 131 cm³/mol. The molecule has 0 atom stereocenters. The molecule has 0 aliphatic rings. The fourth-order valence-electron chi connectivity index (χ4n) is 4.06. The molecule has 0 saturated carbocycles. The smallest absolute Gasteiger partial charge is 0.434 e. The number of anilines is 1. The molecular weight excluding hydrogens is 541 g/mol. The molecule has 0 bridgehead atoms. The van der Waals surface area contributed by atoms with Crippen molar-refractivity contribution in [1.82, 2.24) is 29.3 Å². The van der Waals surface area contributed by atoms with Crippen molar-refractivity contribution in [2.75, 3.05) is 5.32 Å². The second-order valence-corrected chi connectivity index (χ2v) is 8.73. The number of nitrogens with one attached hydrogen (secondary N) is 2. The van der Waals surface area contributed by atoms with Crippen LogP contribution in [0.3, 0.4) is 0 Å². The zero-order valence-corrected chi connectivity index (χ0v) is 20.6. The van der Waals surface area contributed by atoms with Crippen molar-refractivity contribution in [3.05, 3.63) is 88.4 Å². The van der Waals surface area contributed by atoms with Crippen molar-refractivity contribution >= 4 is 22.8 Å². The van der Waals surface area contributed by atoms with E-state index in [9.17, 15) is 31.5 Å². The lowest BCUT2D eigenvalue weighted by atomic mass is 10.2. The summed E-state index contributed by atoms with van der Waals surface area (Å²) < 4.78 is 78.0. The predicted octanol–water partition coefficient (Wildman–Crippen LogP) is 5.23. The van der Waals surface area contributed by atoms with Crippen LogP contribution in [0.4, 0.5) is 27.6 Å². The number of benzene rings is 1. The van der Waals surface area contributed by atoms with Gasteiger partial charge in [0.15, 0.2) is 40.3 Å². The molecule has 4 aromatic heterocycles. The number of nitrogens with zero attached hydrogens (tertiary/aromatic N) is 5. The number of hydrogen-bond acceptors (Lipinski definition) is 6. The van der Waals surface area contributed by atoms with Gasteiger partial charge in [-0.1, -0.05) is 0 Å². The standard InChI is InChI=1S/C25H18F5N7O3/c1-12(2)36-19-18(7-9-31-21(19)35-24(36)39)40-17-6-5-13(10-16(17)27)34-23(38)14-11-33-37(20(14)25(28,29)30)22-15(26)4-3-8-32-22/h3-12H,1-2H3,(H,34,38)(H,31,35,39). The zero-order chi connectivity index (χ0) is 28.8. The maximum Gasteiger partial charge on any atom is 0.434 e. The molecule has 0 spiro atoms. The van der Waals surface area contributed by atoms with Gasteiger partial charge >= 0.3 is 11.9 Å². The van der Waals surface area contributed by atoms with Crippen molar-refractivity contribution < 1.29 is 31.5 Å². The Morgan fingerprint density at radius 1 is 1.05 bits per heavy atom. The molecule has 10 nitrogen and oxygen atoms in total. The van der Waals surface area contributed by atoms with Crippen LogP contribution in [0.2, 0.25) is 0 Å². The number of ether oxygens (including phenoxy) is 1. The summed E-state index contributed by atoms with van der Waals surface area (Å²) in [5, 5.41) is 5.68. The fourth-order valence-corrected chi connectivity index (χ4v) is 4.06. The molecule has 0 radical (unpaired) electrons. The van der Waals surface area contributed by atoms with Gasteiger partial charge in [0.05, 0.1) is 11.8 Å². The van der Waals surface area contributed by atoms with Crippen LogP contribution < -0.4 is 15.7 Å². The van der Waals surface area contributed by atoms with Crippen LogP contribution in [0.1, 0.15) is 35.9 Å². The van der Waals surface area contributed by atoms with Crippen LogP contribution in [0.25, 0.3) is 17.0 Å². The third-order valence-corrected chi connectivity index (χ3v) is 5.72. The van der Waals surface area contributed by atoms with Gasteiger partial charge in [-0.2, -0.15) is 18.3 Å². The van der Waals surface area contributed by atoms with Gasteiger partial charge < -0.3 is 10.1 Å². The molecule has 2 N–H and O–H groups in total. The maximum absolute atomic E-state index is 15.0. The maximum atomic E-state index is 15.0. The monoisotopic (exact) mass is 559 g/mol. The number of hydrogen-bond donors (Lipinski definition) is 2. The van der Waals surface area contributed by atoms with E-state index < -0.39 is 46.5 Å². The zero-order valence-electron chi connectivity index (χ0n) is 20.6. The van der Waals surface area contributed by atoms with Crippen LogP contribution in [-0.4, -0.2) is 35.2 Å². The number of alkyl halides is 3. The fraction of sp³-hybridized carbons (Fsp3) is 0.160. The number of aromatic nitrogens is 6. The minimum Gasteiger partial charge on any atom is -0.452 e. The first-order chi connectivity index (χ1) is 19.0. The van der Waals surface area contributed by atoms with Crippen molar-refractivity contribution in [1.29, 1.82) is 0 Å². The topological polar surface area (TPSA) is 120 Å². The van der Waals surface area contributed by atoms with Gasteiger partial charge in [-0.3, -0.25) is 14.3 Å². The van der Waals surface area contributed by atoms with Gasteiger partial charge in [0, 0.05) is 36.3 Å². The molecular formula is C25H18F5N7O3. The van der Waals surface area contributed by atoms with Crippen LogP contribution in [0.15, 0.2) is 59.8 Å². The van der Waals surface area contributed by atoms with Gasteiger partial charge in [-0.25, -0.2) is 28.2 Å². The van der Waals surface area contributed by atoms with Crippen molar-refractivity contribution in [3.8, 4) is 17.3 Å². The number of amides is 1. The molecule has 40 heavy (non-hydrogen) atoms. The Morgan fingerprint density at radius 2 is 1.82 bits per heavy atom. The lowest BCUT2D eigenvalue weighted by molar-refractivity contribution is -0.143. The van der Waals surface area contributed by atoms with Gasteiger partial charge in [0.1, 0.15) is 5.52 Å². The van der Waals surface area contributed by atoms with E-state index >= 15 is 0 Å². The number of carbonyl (C=O) groups is 1. The Kier molecular flexibility index (Phi) is 6.57. The van der Waals surface area contributed by atoms with Gasteiger partial charge in [-0.05, 0) is 38.1 Å². The number of H-pyrrole nitrogens is 1. The van der Waals surface area contributed by atoms with Crippen LogP contribution in [-0.2, 0) is 6.18 Å². The van der Waals surface area contributed by atoms with Gasteiger partial charge in [0.25, 0.3) is 5.91 Å². The first-order valence-electron chi connectivity index (χ1n) is 11.6. The van der Waals surface area contributed by atoms with E-state index in [2.05, 4.69) is 25.4 Å². The molecule has 15 heteroatoms. The number of aromatic amines is 1. The van der Waals surface area contributed by atoms with E-state index in [-0.39, 0.29) is 33.6 Å². The van der Waals surface area contributed by atoms with Gasteiger partial charge in [-0.15, -0.1) is 0 Å². The number of halogens is 5. The van der Waals surface area contributed by atoms with Crippen LogP contribution in [0, 0.1) is 11.6 Å². The van der Waals surface area contributed by atoms with E-state index in [0.29, 0.717) is 11.7 Å². The minimum absolute atomic E-state index is 0.122. The lowest BCUT2D eigenvalue weighted by Gasteiger charge is -2.14. The third kappa shape index (κ3) is 4.76. The summed E-state index contributed by atoms with van der Waals surface area (Å²) in [6, 6.07) is 6.44. The highest BCUT2D eigenvalue weighted by Crippen LogP contribution is 2.35. The molecule has 0 aliphatic carbocycles. The Bertz CT molecular complexity index is 1810. The normalized spacial score (nSPS) is 11.8. The first kappa shape index (κ1) is 26.5. The Balaban J connectivity index is 1.44. The summed E-state index contributed by atoms with van der Waals surface area (Å²) in [6.07, 6.45) is -2.07. The summed E-state index contributed by atoms with van der Waals surface area (Å²) in [5.41, 5.74) is -2.59. The molecule has 1 aromatic carbocycles. The first-order valence-corrected chi connectivity index (χ1v) is 11.6. The highest BCUT2D eigenvalue weighted by atomic mass is 19.4. The number of pyridine rings is 2. The number of imidazole rings is 1. The van der Waals surface area contributed by atoms with Gasteiger partial charge in [0.2, 0.25) is 0 Å². The summed E-state index contributed by atoms with van der Waals surface area (Å²) in [7, 11) is 0. The minimum atomic E-state index is -5.11. The Labute approximate surface area is 221 Å². The number of carbonyl (C=O) groups excluding carboxylic acids is 1. The highest BCUT2D eigenvalue weighted by Gasteiger charge is 2.41. The van der Waals surface area contributed by atoms with E-state index in [4.69, 9.17) is 4.74 Å².